The van der Waals surface area contributed by atoms with Crippen molar-refractivity contribution in [3.63, 3.8) is 0 Å². The highest BCUT2D eigenvalue weighted by Gasteiger charge is 2.46. The van der Waals surface area contributed by atoms with Gasteiger partial charge in [-0.3, -0.25) is 4.98 Å². The van der Waals surface area contributed by atoms with Gasteiger partial charge in [0.2, 0.25) is 0 Å². The fourth-order valence-electron chi connectivity index (χ4n) is 2.96. The quantitative estimate of drug-likeness (QED) is 0.506. The second-order valence-electron chi connectivity index (χ2n) is 6.21. The van der Waals surface area contributed by atoms with Gasteiger partial charge in [-0.05, 0) is 6.07 Å². The van der Waals surface area contributed by atoms with E-state index in [2.05, 4.69) is 20.3 Å². The molecule has 0 amide bonds. The van der Waals surface area contributed by atoms with E-state index in [9.17, 15) is 15.3 Å². The average molecular weight is 476 g/mol. The van der Waals surface area contributed by atoms with E-state index in [0.717, 1.165) is 0 Å². The van der Waals surface area contributed by atoms with Crippen LogP contribution in [-0.2, 0) is 4.74 Å². The smallest absolute Gasteiger partial charge is 0.147 e. The molecule has 9 nitrogen and oxygen atoms in total. The summed E-state index contributed by atoms with van der Waals surface area (Å²) >= 11 is 14.3. The fourth-order valence-corrected chi connectivity index (χ4v) is 5.18. The number of pyridine rings is 1. The molecule has 1 fully saturated rings. The van der Waals surface area contributed by atoms with Crippen molar-refractivity contribution in [1.82, 2.24) is 25.0 Å². The van der Waals surface area contributed by atoms with Gasteiger partial charge in [0.15, 0.2) is 0 Å². The molecule has 0 radical (unpaired) electrons. The SMILES string of the molecule is OCC1O[C@H](Sc2cncc(Cl)c2)C(O)C(n2cc(-c3nc(Cl)cs3)nn2)[C@H]1O. The third-order valence-corrected chi connectivity index (χ3v) is 6.80. The molecule has 0 saturated carbocycles. The summed E-state index contributed by atoms with van der Waals surface area (Å²) in [4.78, 5) is 8.83. The Kier molecular flexibility index (Phi) is 6.37. The van der Waals surface area contributed by atoms with Crippen molar-refractivity contribution < 1.29 is 20.1 Å². The number of aromatic nitrogens is 5. The van der Waals surface area contributed by atoms with Crippen LogP contribution in [0.4, 0.5) is 0 Å². The van der Waals surface area contributed by atoms with Crippen LogP contribution in [0.1, 0.15) is 6.04 Å². The van der Waals surface area contributed by atoms with Gasteiger partial charge in [0.25, 0.3) is 0 Å². The number of nitrogens with zero attached hydrogens (tertiary/aromatic N) is 5. The summed E-state index contributed by atoms with van der Waals surface area (Å²) in [6.45, 7) is -0.432. The molecule has 0 spiro atoms. The largest absolute Gasteiger partial charge is 0.394 e. The van der Waals surface area contributed by atoms with E-state index in [-0.39, 0.29) is 0 Å². The summed E-state index contributed by atoms with van der Waals surface area (Å²) in [6, 6.07) is 0.783. The summed E-state index contributed by atoms with van der Waals surface area (Å²) in [5.74, 6) is 0. The van der Waals surface area contributed by atoms with Crippen LogP contribution in [0.25, 0.3) is 10.7 Å². The number of thiazole rings is 1. The molecular weight excluding hydrogens is 461 g/mol. The molecule has 13 heteroatoms. The molecule has 0 bridgehead atoms. The number of hydrogen-bond acceptors (Lipinski definition) is 10. The fraction of sp³-hybridized carbons (Fsp3) is 0.375. The van der Waals surface area contributed by atoms with E-state index >= 15 is 0 Å². The maximum absolute atomic E-state index is 10.9. The number of thioether (sulfide) groups is 1. The zero-order valence-electron chi connectivity index (χ0n) is 14.5. The topological polar surface area (TPSA) is 126 Å². The highest BCUT2D eigenvalue weighted by atomic mass is 35.5. The second kappa shape index (κ2) is 8.82. The predicted molar refractivity (Wildman–Crippen MR) is 108 cm³/mol. The third kappa shape index (κ3) is 4.42. The van der Waals surface area contributed by atoms with Crippen LogP contribution >= 0.6 is 46.3 Å². The summed E-state index contributed by atoms with van der Waals surface area (Å²) in [7, 11) is 0. The first-order valence-electron chi connectivity index (χ1n) is 8.39. The van der Waals surface area contributed by atoms with Crippen LogP contribution in [0, 0.1) is 0 Å². The molecule has 3 N–H and O–H groups in total. The molecular formula is C16H15Cl2N5O4S2. The van der Waals surface area contributed by atoms with Crippen LogP contribution in [0.15, 0.2) is 34.9 Å². The first-order valence-corrected chi connectivity index (χ1v) is 10.9. The molecule has 1 saturated heterocycles. The van der Waals surface area contributed by atoms with Crippen LogP contribution in [0.2, 0.25) is 10.2 Å². The minimum absolute atomic E-state index is 0.345. The lowest BCUT2D eigenvalue weighted by Gasteiger charge is -2.41. The van der Waals surface area contributed by atoms with E-state index in [1.807, 2.05) is 0 Å². The summed E-state index contributed by atoms with van der Waals surface area (Å²) in [5.41, 5.74) is -0.348. The molecule has 5 atom stereocenters. The van der Waals surface area contributed by atoms with Crippen molar-refractivity contribution in [3.05, 3.63) is 40.2 Å². The van der Waals surface area contributed by atoms with Gasteiger partial charge in [0.05, 0.1) is 17.8 Å². The number of rotatable bonds is 5. The molecule has 0 aromatic carbocycles. The minimum Gasteiger partial charge on any atom is -0.394 e. The Labute approximate surface area is 183 Å². The predicted octanol–water partition coefficient (Wildman–Crippen LogP) is 1.88. The summed E-state index contributed by atoms with van der Waals surface area (Å²) in [5, 5.41) is 42.3. The molecule has 4 rings (SSSR count). The van der Waals surface area contributed by atoms with Crippen molar-refractivity contribution in [2.75, 3.05) is 6.61 Å². The number of halogens is 2. The third-order valence-electron chi connectivity index (χ3n) is 4.29. The standard InChI is InChI=1S/C16H15Cl2N5O4S2/c17-7-1-8(3-19-2-7)29-16-14(26)12(13(25)10(5-24)27-16)23-4-9(21-22-23)15-20-11(18)6-28-15/h1-4,6,10,12-14,16,24-26H,5H2/t10?,12?,13-,14?,16+/m0/s1. The van der Waals surface area contributed by atoms with Crippen molar-refractivity contribution in [2.45, 2.75) is 34.7 Å². The highest BCUT2D eigenvalue weighted by molar-refractivity contribution is 7.99. The first kappa shape index (κ1) is 20.9. The van der Waals surface area contributed by atoms with Gasteiger partial charge in [0, 0.05) is 22.7 Å². The average Bonchev–Trinajstić information content (AvgIpc) is 3.33. The first-order chi connectivity index (χ1) is 14.0. The van der Waals surface area contributed by atoms with Gasteiger partial charge in [-0.25, -0.2) is 9.67 Å². The maximum atomic E-state index is 10.9. The van der Waals surface area contributed by atoms with Gasteiger partial charge in [0.1, 0.15) is 45.6 Å². The van der Waals surface area contributed by atoms with E-state index in [1.165, 1.54) is 34.0 Å². The van der Waals surface area contributed by atoms with E-state index < -0.39 is 36.4 Å². The molecule has 3 aromatic heterocycles. The van der Waals surface area contributed by atoms with E-state index in [4.69, 9.17) is 27.9 Å². The monoisotopic (exact) mass is 475 g/mol. The molecule has 3 unspecified atom stereocenters. The minimum atomic E-state index is -1.21. The Morgan fingerprint density at radius 1 is 1.24 bits per heavy atom. The lowest BCUT2D eigenvalue weighted by Crippen LogP contribution is -2.55. The molecule has 4 heterocycles. The number of hydrogen-bond donors (Lipinski definition) is 3. The summed E-state index contributed by atoms with van der Waals surface area (Å²) in [6.07, 6.45) is 1.35. The Bertz CT molecular complexity index is 990. The Balaban J connectivity index is 1.61. The highest BCUT2D eigenvalue weighted by Crippen LogP contribution is 2.38. The lowest BCUT2D eigenvalue weighted by molar-refractivity contribution is -0.178. The van der Waals surface area contributed by atoms with Gasteiger partial charge in [-0.15, -0.1) is 16.4 Å². The number of aliphatic hydroxyl groups is 3. The van der Waals surface area contributed by atoms with Gasteiger partial charge in [-0.1, -0.05) is 40.2 Å². The maximum Gasteiger partial charge on any atom is 0.147 e. The van der Waals surface area contributed by atoms with Crippen LogP contribution < -0.4 is 0 Å². The molecule has 29 heavy (non-hydrogen) atoms. The lowest BCUT2D eigenvalue weighted by atomic mass is 9.97. The van der Waals surface area contributed by atoms with Crippen LogP contribution in [0.3, 0.4) is 0 Å². The normalized spacial score (nSPS) is 27.3. The second-order valence-corrected chi connectivity index (χ2v) is 9.07. The van der Waals surface area contributed by atoms with Crippen molar-refractivity contribution in [3.8, 4) is 10.7 Å². The molecule has 1 aliphatic rings. The number of ether oxygens (including phenoxy) is 1. The van der Waals surface area contributed by atoms with E-state index in [1.54, 1.807) is 23.8 Å². The van der Waals surface area contributed by atoms with Crippen LogP contribution in [0.5, 0.6) is 0 Å². The van der Waals surface area contributed by atoms with E-state index in [0.29, 0.717) is 25.8 Å². The van der Waals surface area contributed by atoms with Gasteiger partial charge >= 0.3 is 0 Å². The van der Waals surface area contributed by atoms with Crippen LogP contribution in [-0.4, -0.2) is 70.6 Å². The van der Waals surface area contributed by atoms with Crippen molar-refractivity contribution in [2.24, 2.45) is 0 Å². The Morgan fingerprint density at radius 3 is 2.76 bits per heavy atom. The zero-order chi connectivity index (χ0) is 20.5. The molecule has 0 aliphatic carbocycles. The summed E-state index contributed by atoms with van der Waals surface area (Å²) < 4.78 is 7.06. The Hall–Kier alpha value is -1.31. The zero-order valence-corrected chi connectivity index (χ0v) is 17.7. The van der Waals surface area contributed by atoms with Gasteiger partial charge < -0.3 is 20.1 Å². The molecule has 3 aromatic rings. The Morgan fingerprint density at radius 2 is 2.07 bits per heavy atom. The number of aliphatic hydroxyl groups excluding tert-OH is 3. The molecule has 1 aliphatic heterocycles. The van der Waals surface area contributed by atoms with Crippen molar-refractivity contribution >= 4 is 46.3 Å². The van der Waals surface area contributed by atoms with Crippen molar-refractivity contribution in [1.29, 1.82) is 0 Å². The molecule has 154 valence electrons. The van der Waals surface area contributed by atoms with Gasteiger partial charge in [-0.2, -0.15) is 0 Å².